The first-order valence-electron chi connectivity index (χ1n) is 7.98. The highest BCUT2D eigenvalue weighted by Gasteiger charge is 2.25. The van der Waals surface area contributed by atoms with Gasteiger partial charge in [-0.05, 0) is 35.9 Å². The van der Waals surface area contributed by atoms with Gasteiger partial charge in [0.15, 0.2) is 5.70 Å². The van der Waals surface area contributed by atoms with Crippen LogP contribution < -0.4 is 9.47 Å². The second-order valence-electron chi connectivity index (χ2n) is 5.55. The quantitative estimate of drug-likeness (QED) is 0.597. The lowest BCUT2D eigenvalue weighted by Gasteiger charge is -2.07. The van der Waals surface area contributed by atoms with E-state index in [-0.39, 0.29) is 11.6 Å². The van der Waals surface area contributed by atoms with Gasteiger partial charge < -0.3 is 18.9 Å². The van der Waals surface area contributed by atoms with Gasteiger partial charge in [0, 0.05) is 11.6 Å². The zero-order valence-electron chi connectivity index (χ0n) is 15.0. The summed E-state index contributed by atoms with van der Waals surface area (Å²) in [5.74, 6) is 0.276. The molecular weight excluding hydrogens is 350 g/mol. The SMILES string of the molecule is COC(=O)c1ccc(/C=C2/N=C(c3cc(OC)cc(OC)c3)OC2=O)cc1. The number of carbonyl (C=O) groups is 2. The van der Waals surface area contributed by atoms with Crippen LogP contribution in [-0.4, -0.2) is 39.2 Å². The zero-order chi connectivity index (χ0) is 19.4. The second kappa shape index (κ2) is 7.74. The molecule has 0 atom stereocenters. The van der Waals surface area contributed by atoms with Crippen molar-refractivity contribution >= 4 is 23.9 Å². The number of carbonyl (C=O) groups excluding carboxylic acids is 2. The molecule has 0 radical (unpaired) electrons. The Morgan fingerprint density at radius 1 is 1.00 bits per heavy atom. The lowest BCUT2D eigenvalue weighted by molar-refractivity contribution is -0.129. The van der Waals surface area contributed by atoms with E-state index < -0.39 is 11.9 Å². The molecule has 2 aromatic rings. The van der Waals surface area contributed by atoms with E-state index in [0.717, 1.165) is 0 Å². The van der Waals surface area contributed by atoms with Crippen LogP contribution in [-0.2, 0) is 14.3 Å². The Kier molecular flexibility index (Phi) is 5.21. The third kappa shape index (κ3) is 3.98. The summed E-state index contributed by atoms with van der Waals surface area (Å²) >= 11 is 0. The lowest BCUT2D eigenvalue weighted by Crippen LogP contribution is -2.06. The molecule has 0 amide bonds. The first kappa shape index (κ1) is 18.2. The molecule has 0 N–H and O–H groups in total. The van der Waals surface area contributed by atoms with Crippen LogP contribution in [0, 0.1) is 0 Å². The Labute approximate surface area is 155 Å². The molecule has 3 rings (SSSR count). The van der Waals surface area contributed by atoms with Gasteiger partial charge in [0.25, 0.3) is 0 Å². The van der Waals surface area contributed by atoms with Crippen LogP contribution in [0.4, 0.5) is 0 Å². The minimum absolute atomic E-state index is 0.151. The summed E-state index contributed by atoms with van der Waals surface area (Å²) in [5, 5.41) is 0. The van der Waals surface area contributed by atoms with Gasteiger partial charge in [0.1, 0.15) is 11.5 Å². The van der Waals surface area contributed by atoms with Crippen LogP contribution in [0.25, 0.3) is 6.08 Å². The maximum absolute atomic E-state index is 12.2. The highest BCUT2D eigenvalue weighted by molar-refractivity contribution is 6.13. The van der Waals surface area contributed by atoms with Gasteiger partial charge in [-0.1, -0.05) is 12.1 Å². The molecule has 0 saturated heterocycles. The van der Waals surface area contributed by atoms with Crippen molar-refractivity contribution in [3.05, 3.63) is 64.9 Å². The first-order chi connectivity index (χ1) is 13.0. The predicted molar refractivity (Wildman–Crippen MR) is 97.9 cm³/mol. The fourth-order valence-corrected chi connectivity index (χ4v) is 2.45. The van der Waals surface area contributed by atoms with Gasteiger partial charge in [-0.25, -0.2) is 14.6 Å². The van der Waals surface area contributed by atoms with Crippen LogP contribution in [0.15, 0.2) is 53.2 Å². The van der Waals surface area contributed by atoms with Gasteiger partial charge >= 0.3 is 11.9 Å². The molecular formula is C20H17NO6. The number of esters is 2. The monoisotopic (exact) mass is 367 g/mol. The molecule has 7 nitrogen and oxygen atoms in total. The number of hydrogen-bond donors (Lipinski definition) is 0. The molecule has 0 unspecified atom stereocenters. The third-order valence-corrected chi connectivity index (χ3v) is 3.85. The van der Waals surface area contributed by atoms with Gasteiger partial charge in [-0.2, -0.15) is 0 Å². The van der Waals surface area contributed by atoms with Crippen LogP contribution in [0.1, 0.15) is 21.5 Å². The molecule has 0 aromatic heterocycles. The molecule has 2 aromatic carbocycles. The molecule has 1 aliphatic heterocycles. The van der Waals surface area contributed by atoms with Crippen molar-refractivity contribution in [1.29, 1.82) is 0 Å². The summed E-state index contributed by atoms with van der Waals surface area (Å²) in [7, 11) is 4.38. The fourth-order valence-electron chi connectivity index (χ4n) is 2.45. The molecule has 0 fully saturated rings. The van der Waals surface area contributed by atoms with Crippen molar-refractivity contribution in [2.24, 2.45) is 4.99 Å². The average molecular weight is 367 g/mol. The van der Waals surface area contributed by atoms with E-state index in [1.807, 2.05) is 0 Å². The molecule has 0 spiro atoms. The van der Waals surface area contributed by atoms with Crippen molar-refractivity contribution in [2.45, 2.75) is 0 Å². The number of benzene rings is 2. The largest absolute Gasteiger partial charge is 0.497 e. The van der Waals surface area contributed by atoms with Crippen molar-refractivity contribution in [3.63, 3.8) is 0 Å². The van der Waals surface area contributed by atoms with Crippen LogP contribution in [0.3, 0.4) is 0 Å². The lowest BCUT2D eigenvalue weighted by atomic mass is 10.1. The molecule has 0 bridgehead atoms. The minimum atomic E-state index is -0.566. The van der Waals surface area contributed by atoms with E-state index in [4.69, 9.17) is 14.2 Å². The maximum atomic E-state index is 12.2. The van der Waals surface area contributed by atoms with Crippen LogP contribution >= 0.6 is 0 Å². The molecule has 138 valence electrons. The van der Waals surface area contributed by atoms with E-state index >= 15 is 0 Å². The van der Waals surface area contributed by atoms with E-state index in [2.05, 4.69) is 9.73 Å². The number of nitrogens with zero attached hydrogens (tertiary/aromatic N) is 1. The van der Waals surface area contributed by atoms with E-state index in [9.17, 15) is 9.59 Å². The van der Waals surface area contributed by atoms with E-state index in [1.54, 1.807) is 48.5 Å². The molecule has 1 aliphatic rings. The van der Waals surface area contributed by atoms with Crippen LogP contribution in [0.5, 0.6) is 11.5 Å². The highest BCUT2D eigenvalue weighted by Crippen LogP contribution is 2.26. The van der Waals surface area contributed by atoms with Crippen molar-refractivity contribution < 1.29 is 28.5 Å². The standard InChI is InChI=1S/C20H17NO6/c1-24-15-9-14(10-16(11-15)25-2)18-21-17(20(23)27-18)8-12-4-6-13(7-5-12)19(22)26-3/h4-11H,1-3H3/b17-8+. The number of cyclic esters (lactones) is 1. The highest BCUT2D eigenvalue weighted by atomic mass is 16.6. The Morgan fingerprint density at radius 3 is 2.19 bits per heavy atom. The maximum Gasteiger partial charge on any atom is 0.363 e. The predicted octanol–water partition coefficient (Wildman–Crippen LogP) is 2.83. The number of rotatable bonds is 5. The summed E-state index contributed by atoms with van der Waals surface area (Å²) in [5.41, 5.74) is 1.82. The molecule has 7 heteroatoms. The summed E-state index contributed by atoms with van der Waals surface area (Å²) in [6.45, 7) is 0. The normalized spacial score (nSPS) is 14.6. The van der Waals surface area contributed by atoms with Crippen molar-refractivity contribution in [3.8, 4) is 11.5 Å². The average Bonchev–Trinajstić information content (AvgIpc) is 3.07. The summed E-state index contributed by atoms with van der Waals surface area (Å²) in [6.07, 6.45) is 1.58. The fraction of sp³-hybridized carbons (Fsp3) is 0.150. The summed E-state index contributed by atoms with van der Waals surface area (Å²) < 4.78 is 20.4. The van der Waals surface area contributed by atoms with Crippen molar-refractivity contribution in [1.82, 2.24) is 0 Å². The molecule has 0 saturated carbocycles. The number of aliphatic imine (C=N–C) groups is 1. The Hall–Kier alpha value is -3.61. The van der Waals surface area contributed by atoms with Gasteiger partial charge in [0.05, 0.1) is 26.9 Å². The molecule has 27 heavy (non-hydrogen) atoms. The summed E-state index contributed by atoms with van der Waals surface area (Å²) in [6, 6.07) is 11.7. The number of hydrogen-bond acceptors (Lipinski definition) is 7. The molecule has 0 aliphatic carbocycles. The first-order valence-corrected chi connectivity index (χ1v) is 7.98. The summed E-state index contributed by atoms with van der Waals surface area (Å²) in [4.78, 5) is 27.9. The minimum Gasteiger partial charge on any atom is -0.497 e. The Morgan fingerprint density at radius 2 is 1.63 bits per heavy atom. The van der Waals surface area contributed by atoms with Crippen molar-refractivity contribution in [2.75, 3.05) is 21.3 Å². The van der Waals surface area contributed by atoms with Gasteiger partial charge in [-0.3, -0.25) is 0 Å². The Bertz CT molecular complexity index is 921. The number of ether oxygens (including phenoxy) is 4. The smallest absolute Gasteiger partial charge is 0.363 e. The Balaban J connectivity index is 1.90. The topological polar surface area (TPSA) is 83.4 Å². The van der Waals surface area contributed by atoms with E-state index in [0.29, 0.717) is 28.2 Å². The second-order valence-corrected chi connectivity index (χ2v) is 5.55. The van der Waals surface area contributed by atoms with E-state index in [1.165, 1.54) is 21.3 Å². The van der Waals surface area contributed by atoms with Crippen LogP contribution in [0.2, 0.25) is 0 Å². The van der Waals surface area contributed by atoms with Gasteiger partial charge in [0.2, 0.25) is 5.90 Å². The van der Waals surface area contributed by atoms with Gasteiger partial charge in [-0.15, -0.1) is 0 Å². The molecule has 1 heterocycles. The number of methoxy groups -OCH3 is 3. The third-order valence-electron chi connectivity index (χ3n) is 3.85. The zero-order valence-corrected chi connectivity index (χ0v) is 15.0.